The lowest BCUT2D eigenvalue weighted by Gasteiger charge is -2.29. The molecule has 4 aromatic rings. The molecule has 11 nitrogen and oxygen atoms in total. The summed E-state index contributed by atoms with van der Waals surface area (Å²) >= 11 is 1.53. The fourth-order valence-corrected chi connectivity index (χ4v) is 12.5. The lowest BCUT2D eigenvalue weighted by molar-refractivity contribution is -0.142. The van der Waals surface area contributed by atoms with Gasteiger partial charge in [0.25, 0.3) is 0 Å². The zero-order valence-corrected chi connectivity index (χ0v) is 36.7. The van der Waals surface area contributed by atoms with E-state index in [1.54, 1.807) is 12.0 Å². The number of pyridine rings is 1. The first-order chi connectivity index (χ1) is 28.8. The Kier molecular flexibility index (Phi) is 11.0. The number of hydrogen-bond acceptors (Lipinski definition) is 10. The third-order valence-electron chi connectivity index (χ3n) is 14.0. The van der Waals surface area contributed by atoms with Crippen molar-refractivity contribution in [2.45, 2.75) is 121 Å². The number of thiazole rings is 1. The van der Waals surface area contributed by atoms with Gasteiger partial charge in [0.2, 0.25) is 21.8 Å². The number of carbonyl (C=O) groups excluding carboxylic acids is 3. The first-order valence-corrected chi connectivity index (χ1v) is 24.3. The summed E-state index contributed by atoms with van der Waals surface area (Å²) in [6, 6.07) is 15.0. The normalized spacial score (nSPS) is 28.3. The minimum absolute atomic E-state index is 0.0432. The quantitative estimate of drug-likeness (QED) is 0.167. The number of ether oxygens (including phenoxy) is 2. The minimum Gasteiger partial charge on any atom is -0.496 e. The molecular weight excluding hydrogens is 797 g/mol. The van der Waals surface area contributed by atoms with E-state index in [0.717, 1.165) is 64.8 Å². The number of hydrogen-bond donors (Lipinski definition) is 1. The zero-order valence-electron chi connectivity index (χ0n) is 35.0. The summed E-state index contributed by atoms with van der Waals surface area (Å²) in [7, 11) is -2.17. The molecule has 60 heavy (non-hydrogen) atoms. The van der Waals surface area contributed by atoms with Crippen molar-refractivity contribution in [1.29, 1.82) is 0 Å². The molecule has 2 unspecified atom stereocenters. The van der Waals surface area contributed by atoms with E-state index in [0.29, 0.717) is 61.1 Å². The lowest BCUT2D eigenvalue weighted by Crippen LogP contribution is -2.46. The predicted octanol–water partition coefficient (Wildman–Crippen LogP) is 8.18. The molecule has 5 aliphatic rings. The number of ketones is 1. The number of fused-ring (bicyclic) bond motifs is 5. The molecule has 2 aromatic carbocycles. The number of carbonyl (C=O) groups is 3. The Morgan fingerprint density at radius 3 is 2.52 bits per heavy atom. The van der Waals surface area contributed by atoms with Crippen molar-refractivity contribution in [3.05, 3.63) is 70.7 Å². The maximum Gasteiger partial charge on any atom is 0.240 e. The summed E-state index contributed by atoms with van der Waals surface area (Å²) in [6.45, 7) is 6.39. The first kappa shape index (κ1) is 41.0. The van der Waals surface area contributed by atoms with Gasteiger partial charge in [0, 0.05) is 41.2 Å². The van der Waals surface area contributed by atoms with Crippen molar-refractivity contribution >= 4 is 49.9 Å². The van der Waals surface area contributed by atoms with Gasteiger partial charge in [-0.15, -0.1) is 11.3 Å². The number of methoxy groups -OCH3 is 1. The molecule has 3 aliphatic carbocycles. The average Bonchev–Trinajstić information content (AvgIpc) is 4.19. The molecule has 0 bridgehead atoms. The number of aryl methyl sites for hydroxylation is 1. The molecule has 3 saturated carbocycles. The summed E-state index contributed by atoms with van der Waals surface area (Å²) in [5.41, 5.74) is 3.21. The van der Waals surface area contributed by atoms with Crippen LogP contribution in [0.2, 0.25) is 0 Å². The van der Waals surface area contributed by atoms with Crippen molar-refractivity contribution in [3.8, 4) is 22.2 Å². The topological polar surface area (TPSA) is 145 Å². The number of nitrogens with zero attached hydrogens (tertiary/aromatic N) is 3. The maximum absolute atomic E-state index is 15.0. The summed E-state index contributed by atoms with van der Waals surface area (Å²) in [5.74, 6) is 1.13. The van der Waals surface area contributed by atoms with Crippen molar-refractivity contribution in [2.75, 3.05) is 13.7 Å². The van der Waals surface area contributed by atoms with E-state index in [-0.39, 0.29) is 48.8 Å². The maximum atomic E-state index is 15.0. The third-order valence-corrected chi connectivity index (χ3v) is 16.7. The molecule has 13 heteroatoms. The van der Waals surface area contributed by atoms with Gasteiger partial charge >= 0.3 is 0 Å². The summed E-state index contributed by atoms with van der Waals surface area (Å²) in [4.78, 5) is 55.8. The average molecular weight is 853 g/mol. The van der Waals surface area contributed by atoms with Crippen LogP contribution in [0.1, 0.15) is 107 Å². The Morgan fingerprint density at radius 1 is 1.00 bits per heavy atom. The highest BCUT2D eigenvalue weighted by Crippen LogP contribution is 2.68. The van der Waals surface area contributed by atoms with Gasteiger partial charge in [0.1, 0.15) is 28.3 Å². The summed E-state index contributed by atoms with van der Waals surface area (Å²) < 4.78 is 41.3. The minimum atomic E-state index is -3.81. The zero-order chi connectivity index (χ0) is 41.9. The Balaban J connectivity index is 1.07. The second kappa shape index (κ2) is 16.2. The van der Waals surface area contributed by atoms with Crippen molar-refractivity contribution in [1.82, 2.24) is 19.6 Å². The molecule has 2 aromatic heterocycles. The van der Waals surface area contributed by atoms with Crippen molar-refractivity contribution in [2.24, 2.45) is 29.1 Å². The number of Topliss-reactive ketones (excluding diaryl/α,β-unsaturated/α-hetero) is 1. The number of rotatable bonds is 10. The second-order valence-corrected chi connectivity index (χ2v) is 21.3. The number of nitrogens with one attached hydrogen (secondary N) is 1. The third kappa shape index (κ3) is 8.08. The molecule has 4 heterocycles. The molecule has 9 rings (SSSR count). The van der Waals surface area contributed by atoms with Crippen LogP contribution >= 0.6 is 11.3 Å². The van der Waals surface area contributed by atoms with Gasteiger partial charge in [-0.05, 0) is 86.8 Å². The molecule has 2 aliphatic heterocycles. The van der Waals surface area contributed by atoms with Gasteiger partial charge in [0.15, 0.2) is 5.78 Å². The highest BCUT2D eigenvalue weighted by atomic mass is 32.2. The Bertz CT molecular complexity index is 2410. The number of amides is 2. The van der Waals surface area contributed by atoms with Crippen LogP contribution in [0.3, 0.4) is 0 Å². The summed E-state index contributed by atoms with van der Waals surface area (Å²) in [6.07, 6.45) is 7.49. The van der Waals surface area contributed by atoms with Gasteiger partial charge < -0.3 is 14.4 Å². The molecule has 0 spiro atoms. The molecule has 2 amide bonds. The van der Waals surface area contributed by atoms with Crippen LogP contribution in [0.25, 0.3) is 21.6 Å². The van der Waals surface area contributed by atoms with Crippen LogP contribution in [0, 0.1) is 36.0 Å². The van der Waals surface area contributed by atoms with E-state index < -0.39 is 38.7 Å². The lowest BCUT2D eigenvalue weighted by atomic mass is 9.89. The van der Waals surface area contributed by atoms with Gasteiger partial charge in [-0.25, -0.2) is 18.4 Å². The first-order valence-electron chi connectivity index (χ1n) is 21.9. The van der Waals surface area contributed by atoms with E-state index >= 15 is 0 Å². The smallest absolute Gasteiger partial charge is 0.240 e. The monoisotopic (exact) mass is 852 g/mol. The van der Waals surface area contributed by atoms with Gasteiger partial charge in [0.05, 0.1) is 41.6 Å². The Morgan fingerprint density at radius 2 is 1.78 bits per heavy atom. The molecule has 5 fully saturated rings. The van der Waals surface area contributed by atoms with Gasteiger partial charge in [-0.3, -0.25) is 19.1 Å². The molecule has 0 radical (unpaired) electrons. The van der Waals surface area contributed by atoms with Crippen LogP contribution in [0.4, 0.5) is 0 Å². The van der Waals surface area contributed by atoms with E-state index in [1.165, 1.54) is 11.3 Å². The van der Waals surface area contributed by atoms with Crippen molar-refractivity contribution < 1.29 is 32.3 Å². The Labute approximate surface area is 357 Å². The molecular formula is C47H56N4O7S2. The van der Waals surface area contributed by atoms with Crippen LogP contribution in [-0.4, -0.2) is 71.9 Å². The predicted molar refractivity (Wildman–Crippen MR) is 231 cm³/mol. The molecule has 1 N–H and O–H groups in total. The van der Waals surface area contributed by atoms with Crippen LogP contribution in [0.5, 0.6) is 11.5 Å². The van der Waals surface area contributed by atoms with Gasteiger partial charge in [-0.1, -0.05) is 69.9 Å². The van der Waals surface area contributed by atoms with Gasteiger partial charge in [-0.2, -0.15) is 0 Å². The number of sulfonamides is 1. The molecule has 7 atom stereocenters. The summed E-state index contributed by atoms with van der Waals surface area (Å²) in [5, 5.41) is 3.06. The fraction of sp³-hybridized carbons (Fsp3) is 0.553. The number of benzene rings is 2. The second-order valence-electron chi connectivity index (χ2n) is 18.5. The largest absolute Gasteiger partial charge is 0.496 e. The Hall–Kier alpha value is -4.36. The highest BCUT2D eigenvalue weighted by Gasteiger charge is 2.68. The molecule has 318 valence electrons. The SMILES string of the molecule is COc1ccc2c(O[C@@H]3C[C@H]4C(=O)C[C@]5(C(=O)NS(=O)(=O)C6CC6)C[C@@H]5C5CC5CCCCC[C@H](Cc5ccccc5)C(=O)N4C3)cc(-c3nc(C(C)C)cs3)nc2c1C. The van der Waals surface area contributed by atoms with Crippen molar-refractivity contribution in [3.63, 3.8) is 0 Å². The van der Waals surface area contributed by atoms with Crippen LogP contribution in [-0.2, 0) is 30.8 Å². The van der Waals surface area contributed by atoms with Crippen LogP contribution in [0.15, 0.2) is 53.9 Å². The van der Waals surface area contributed by atoms with Crippen LogP contribution < -0.4 is 14.2 Å². The van der Waals surface area contributed by atoms with E-state index in [1.807, 2.05) is 43.3 Å². The number of aromatic nitrogens is 2. The highest BCUT2D eigenvalue weighted by molar-refractivity contribution is 7.90. The van der Waals surface area contributed by atoms with E-state index in [2.05, 4.69) is 36.1 Å². The fourth-order valence-electron chi connectivity index (χ4n) is 10.2. The standard InChI is InChI=1S/C47H56N4O7S2/c1-27(2)38-26-59-44(49-38)37-22-42(34-17-18-41(57-4)28(3)43(34)48-37)58-32-21-39-40(52)24-47(46(54)50-60(55,56)33-15-16-33)23-36(47)35-20-30(35)13-9-6-10-14-31(45(53)51(39)25-32)19-29-11-7-5-8-12-29/h5,7-8,11-12,17-18,22,26-27,30-33,35-36,39H,6,9-10,13-16,19-21,23-25H2,1-4H3,(H,50,54)/t30?,31-,32-,35?,36-,39+,47-/m1/s1. The van der Waals surface area contributed by atoms with E-state index in [9.17, 15) is 22.8 Å². The molecule has 2 saturated heterocycles. The van der Waals surface area contributed by atoms with E-state index in [4.69, 9.17) is 19.4 Å².